The van der Waals surface area contributed by atoms with Gasteiger partial charge >= 0.3 is 0 Å². The minimum Gasteiger partial charge on any atom is -0.383 e. The first-order valence-electron chi connectivity index (χ1n) is 7.44. The third kappa shape index (κ3) is 3.26. The van der Waals surface area contributed by atoms with E-state index in [0.717, 1.165) is 18.8 Å². The Hall–Kier alpha value is -2.79. The van der Waals surface area contributed by atoms with Gasteiger partial charge in [-0.3, -0.25) is 4.79 Å². The molecule has 0 radical (unpaired) electrons. The zero-order valence-corrected chi connectivity index (χ0v) is 13.6. The number of nitrogens with one attached hydrogen (secondary N) is 1. The highest BCUT2D eigenvalue weighted by Crippen LogP contribution is 2.25. The molecule has 3 heterocycles. The van der Waals surface area contributed by atoms with Gasteiger partial charge in [-0.05, 0) is 18.6 Å². The number of nitrogen functional groups attached to an aromatic ring is 1. The Kier molecular flexibility index (Phi) is 4.53. The van der Waals surface area contributed by atoms with Crippen molar-refractivity contribution in [3.05, 3.63) is 35.1 Å². The van der Waals surface area contributed by atoms with Crippen LogP contribution in [0.5, 0.6) is 0 Å². The van der Waals surface area contributed by atoms with Crippen molar-refractivity contribution in [3.8, 4) is 6.07 Å². The summed E-state index contributed by atoms with van der Waals surface area (Å²) in [6.07, 6.45) is 3.85. The first kappa shape index (κ1) is 16.1. The number of hydrogen-bond acceptors (Lipinski definition) is 6. The maximum Gasteiger partial charge on any atom is 0.242 e. The fraction of sp³-hybridized carbons (Fsp3) is 0.333. The number of halogens is 1. The van der Waals surface area contributed by atoms with Gasteiger partial charge in [-0.2, -0.15) is 10.4 Å². The van der Waals surface area contributed by atoms with Crippen molar-refractivity contribution in [1.29, 1.82) is 5.26 Å². The number of carbonyl (C=O) groups excluding carboxylic acids is 1. The summed E-state index contributed by atoms with van der Waals surface area (Å²) in [4.78, 5) is 18.5. The van der Waals surface area contributed by atoms with Gasteiger partial charge < -0.3 is 16.0 Å². The van der Waals surface area contributed by atoms with Crippen molar-refractivity contribution in [2.75, 3.05) is 23.7 Å². The molecule has 1 amide bonds. The van der Waals surface area contributed by atoms with Crippen LogP contribution in [0.3, 0.4) is 0 Å². The van der Waals surface area contributed by atoms with Crippen LogP contribution in [0.2, 0.25) is 5.02 Å². The van der Waals surface area contributed by atoms with Crippen molar-refractivity contribution in [2.24, 2.45) is 0 Å². The summed E-state index contributed by atoms with van der Waals surface area (Å²) in [7, 11) is 0. The fourth-order valence-electron chi connectivity index (χ4n) is 2.70. The molecule has 3 rings (SSSR count). The van der Waals surface area contributed by atoms with Crippen LogP contribution >= 0.6 is 11.6 Å². The highest BCUT2D eigenvalue weighted by atomic mass is 35.5. The zero-order chi connectivity index (χ0) is 17.1. The molecular weight excluding hydrogens is 330 g/mol. The maximum absolute atomic E-state index is 12.2. The topological polar surface area (TPSA) is 113 Å². The Balaban J connectivity index is 1.57. The van der Waals surface area contributed by atoms with Gasteiger partial charge in [-0.15, -0.1) is 0 Å². The SMILES string of the molecule is N#Cc1cnn(CC(=O)NC2CCN(c3ncccc3Cl)C2)c1N. The average Bonchev–Trinajstić information content (AvgIpc) is 3.15. The van der Waals surface area contributed by atoms with Gasteiger partial charge in [0.15, 0.2) is 0 Å². The lowest BCUT2D eigenvalue weighted by Crippen LogP contribution is -2.39. The number of pyridine rings is 1. The molecule has 0 bridgehead atoms. The van der Waals surface area contributed by atoms with E-state index in [-0.39, 0.29) is 29.9 Å². The predicted molar refractivity (Wildman–Crippen MR) is 89.4 cm³/mol. The summed E-state index contributed by atoms with van der Waals surface area (Å²) in [6, 6.07) is 5.51. The molecule has 0 aliphatic carbocycles. The number of carbonyl (C=O) groups is 1. The first-order chi connectivity index (χ1) is 11.6. The largest absolute Gasteiger partial charge is 0.383 e. The molecule has 1 fully saturated rings. The number of nitrogens with two attached hydrogens (primary N) is 1. The monoisotopic (exact) mass is 345 g/mol. The van der Waals surface area contributed by atoms with E-state index in [1.165, 1.54) is 10.9 Å². The molecule has 2 aromatic rings. The molecule has 1 aliphatic heterocycles. The molecule has 1 atom stereocenters. The summed E-state index contributed by atoms with van der Waals surface area (Å²) in [5.74, 6) is 0.722. The van der Waals surface area contributed by atoms with E-state index in [0.29, 0.717) is 11.6 Å². The van der Waals surface area contributed by atoms with Gasteiger partial charge in [0.1, 0.15) is 29.8 Å². The van der Waals surface area contributed by atoms with E-state index in [2.05, 4.69) is 15.4 Å². The lowest BCUT2D eigenvalue weighted by Gasteiger charge is -2.19. The molecule has 1 saturated heterocycles. The van der Waals surface area contributed by atoms with Crippen LogP contribution in [0.4, 0.5) is 11.6 Å². The van der Waals surface area contributed by atoms with Gasteiger partial charge in [-0.1, -0.05) is 11.6 Å². The Morgan fingerprint density at radius 3 is 3.12 bits per heavy atom. The van der Waals surface area contributed by atoms with E-state index in [1.807, 2.05) is 11.0 Å². The van der Waals surface area contributed by atoms with Crippen molar-refractivity contribution in [2.45, 2.75) is 19.0 Å². The number of amides is 1. The third-order valence-corrected chi connectivity index (χ3v) is 4.18. The predicted octanol–water partition coefficient (Wildman–Crippen LogP) is 0.780. The highest BCUT2D eigenvalue weighted by Gasteiger charge is 2.26. The van der Waals surface area contributed by atoms with Crippen LogP contribution in [0.25, 0.3) is 0 Å². The second-order valence-electron chi connectivity index (χ2n) is 5.52. The summed E-state index contributed by atoms with van der Waals surface area (Å²) in [6.45, 7) is 1.39. The van der Waals surface area contributed by atoms with Crippen LogP contribution in [-0.2, 0) is 11.3 Å². The van der Waals surface area contributed by atoms with Gasteiger partial charge in [0.05, 0.1) is 11.2 Å². The van der Waals surface area contributed by atoms with Gasteiger partial charge in [0.25, 0.3) is 0 Å². The van der Waals surface area contributed by atoms with E-state index >= 15 is 0 Å². The minimum absolute atomic E-state index is 0.00259. The van der Waals surface area contributed by atoms with Crippen LogP contribution in [-0.4, -0.2) is 39.8 Å². The lowest BCUT2D eigenvalue weighted by atomic mass is 10.2. The minimum atomic E-state index is -0.201. The second kappa shape index (κ2) is 6.76. The van der Waals surface area contributed by atoms with Crippen molar-refractivity contribution in [1.82, 2.24) is 20.1 Å². The number of nitriles is 1. The van der Waals surface area contributed by atoms with Gasteiger partial charge in [-0.25, -0.2) is 9.67 Å². The summed E-state index contributed by atoms with van der Waals surface area (Å²) < 4.78 is 1.32. The van der Waals surface area contributed by atoms with Crippen molar-refractivity contribution < 1.29 is 4.79 Å². The maximum atomic E-state index is 12.2. The summed E-state index contributed by atoms with van der Waals surface area (Å²) in [5, 5.41) is 16.3. The molecule has 9 heteroatoms. The standard InChI is InChI=1S/C15H16ClN7O/c16-12-2-1-4-19-15(12)22-5-3-11(8-22)21-13(24)9-23-14(18)10(6-17)7-20-23/h1-2,4,7,11H,3,5,8-9,18H2,(H,21,24). The molecule has 0 spiro atoms. The summed E-state index contributed by atoms with van der Waals surface area (Å²) >= 11 is 6.16. The molecule has 1 unspecified atom stereocenters. The van der Waals surface area contributed by atoms with Crippen LogP contribution in [0, 0.1) is 11.3 Å². The Morgan fingerprint density at radius 1 is 1.58 bits per heavy atom. The zero-order valence-electron chi connectivity index (χ0n) is 12.8. The van der Waals surface area contributed by atoms with E-state index < -0.39 is 0 Å². The molecule has 124 valence electrons. The molecule has 0 aromatic carbocycles. The average molecular weight is 346 g/mol. The van der Waals surface area contributed by atoms with Crippen LogP contribution in [0.1, 0.15) is 12.0 Å². The third-order valence-electron chi connectivity index (χ3n) is 3.89. The van der Waals surface area contributed by atoms with Crippen molar-refractivity contribution in [3.63, 3.8) is 0 Å². The van der Waals surface area contributed by atoms with E-state index in [1.54, 1.807) is 18.3 Å². The van der Waals surface area contributed by atoms with Gasteiger partial charge in [0.2, 0.25) is 5.91 Å². The Labute approximate surface area is 143 Å². The smallest absolute Gasteiger partial charge is 0.242 e. The number of aromatic nitrogens is 3. The fourth-order valence-corrected chi connectivity index (χ4v) is 2.94. The Morgan fingerprint density at radius 2 is 2.42 bits per heavy atom. The van der Waals surface area contributed by atoms with E-state index in [4.69, 9.17) is 22.6 Å². The van der Waals surface area contributed by atoms with E-state index in [9.17, 15) is 4.79 Å². The first-order valence-corrected chi connectivity index (χ1v) is 7.82. The molecule has 24 heavy (non-hydrogen) atoms. The van der Waals surface area contributed by atoms with Crippen molar-refractivity contribution >= 4 is 29.1 Å². The molecule has 3 N–H and O–H groups in total. The van der Waals surface area contributed by atoms with Crippen LogP contribution < -0.4 is 16.0 Å². The lowest BCUT2D eigenvalue weighted by molar-refractivity contribution is -0.122. The second-order valence-corrected chi connectivity index (χ2v) is 5.93. The molecule has 1 aliphatic rings. The van der Waals surface area contributed by atoms with Crippen LogP contribution in [0.15, 0.2) is 24.5 Å². The normalized spacial score (nSPS) is 16.8. The molecule has 2 aromatic heterocycles. The molecule has 8 nitrogen and oxygen atoms in total. The quantitative estimate of drug-likeness (QED) is 0.846. The number of rotatable bonds is 4. The number of anilines is 2. The molecule has 0 saturated carbocycles. The summed E-state index contributed by atoms with van der Waals surface area (Å²) in [5.41, 5.74) is 6.02. The molecular formula is C15H16ClN7O. The highest BCUT2D eigenvalue weighted by molar-refractivity contribution is 6.32. The Bertz CT molecular complexity index is 797. The number of nitrogens with zero attached hydrogens (tertiary/aromatic N) is 5. The number of hydrogen-bond donors (Lipinski definition) is 2. The van der Waals surface area contributed by atoms with Gasteiger partial charge in [0, 0.05) is 25.3 Å².